The van der Waals surface area contributed by atoms with E-state index in [0.717, 1.165) is 38.9 Å². The average Bonchev–Trinajstić information content (AvgIpc) is 2.21. The van der Waals surface area contributed by atoms with E-state index in [1.807, 2.05) is 0 Å². The summed E-state index contributed by atoms with van der Waals surface area (Å²) in [5, 5.41) is 6.91. The number of allylic oxidation sites excluding steroid dienone is 1. The maximum absolute atomic E-state index is 6.91. The summed E-state index contributed by atoms with van der Waals surface area (Å²) in [5.74, 6) is 0. The van der Waals surface area contributed by atoms with E-state index in [-0.39, 0.29) is 6.04 Å². The van der Waals surface area contributed by atoms with E-state index in [1.54, 1.807) is 0 Å². The van der Waals surface area contributed by atoms with Gasteiger partial charge in [0.1, 0.15) is 0 Å². The predicted octanol–water partition coefficient (Wildman–Crippen LogP) is 2.12. The Balaban J connectivity index is 3.15. The van der Waals surface area contributed by atoms with Gasteiger partial charge in [-0.15, -0.1) is 0 Å². The van der Waals surface area contributed by atoms with Crippen LogP contribution in [0, 0.1) is 5.41 Å². The highest BCUT2D eigenvalue weighted by Gasteiger charge is 1.93. The molecule has 0 amide bonds. The highest BCUT2D eigenvalue weighted by molar-refractivity contribution is 5.59. The van der Waals surface area contributed by atoms with Crippen molar-refractivity contribution in [1.29, 1.82) is 5.41 Å². The number of nitrogens with one attached hydrogen (secondary N) is 1. The van der Waals surface area contributed by atoms with Crippen LogP contribution < -0.4 is 5.73 Å². The average molecular weight is 198 g/mol. The fraction of sp³-hybridized carbons (Fsp3) is 0.727. The Hall–Kier alpha value is -0.670. The van der Waals surface area contributed by atoms with Crippen molar-refractivity contribution in [3.63, 3.8) is 0 Å². The van der Waals surface area contributed by atoms with Crippen LogP contribution in [0.1, 0.15) is 32.6 Å². The quantitative estimate of drug-likeness (QED) is 0.339. The third kappa shape index (κ3) is 9.42. The molecule has 82 valence electrons. The summed E-state index contributed by atoms with van der Waals surface area (Å²) in [6, 6.07) is -0.0870. The minimum Gasteiger partial charge on any atom is -0.381 e. The van der Waals surface area contributed by atoms with Gasteiger partial charge < -0.3 is 15.9 Å². The number of ether oxygens (including phenoxy) is 1. The van der Waals surface area contributed by atoms with E-state index in [0.29, 0.717) is 0 Å². The molecule has 0 aliphatic carbocycles. The molecule has 0 saturated carbocycles. The summed E-state index contributed by atoms with van der Waals surface area (Å²) < 4.78 is 5.32. The van der Waals surface area contributed by atoms with Gasteiger partial charge in [-0.05, 0) is 25.7 Å². The SMILES string of the molecule is CCCOCC/C=C/CC[C@H](N)C=N. The maximum atomic E-state index is 6.91. The van der Waals surface area contributed by atoms with Crippen molar-refractivity contribution in [2.45, 2.75) is 38.6 Å². The van der Waals surface area contributed by atoms with Crippen molar-refractivity contribution in [2.75, 3.05) is 13.2 Å². The molecule has 0 bridgehead atoms. The fourth-order valence-electron chi connectivity index (χ4n) is 1.01. The van der Waals surface area contributed by atoms with Gasteiger partial charge in [-0.1, -0.05) is 19.1 Å². The summed E-state index contributed by atoms with van der Waals surface area (Å²) in [5.41, 5.74) is 5.55. The zero-order chi connectivity index (χ0) is 10.6. The third-order valence-corrected chi connectivity index (χ3v) is 1.82. The summed E-state index contributed by atoms with van der Waals surface area (Å²) in [4.78, 5) is 0. The summed E-state index contributed by atoms with van der Waals surface area (Å²) in [7, 11) is 0. The van der Waals surface area contributed by atoms with Crippen LogP contribution in [0.2, 0.25) is 0 Å². The van der Waals surface area contributed by atoms with Crippen molar-refractivity contribution in [3.8, 4) is 0 Å². The van der Waals surface area contributed by atoms with Crippen LogP contribution in [0.4, 0.5) is 0 Å². The molecule has 1 atom stereocenters. The van der Waals surface area contributed by atoms with Gasteiger partial charge in [0, 0.05) is 18.9 Å². The minimum absolute atomic E-state index is 0.0870. The molecule has 0 aromatic rings. The van der Waals surface area contributed by atoms with Crippen LogP contribution in [0.5, 0.6) is 0 Å². The topological polar surface area (TPSA) is 59.1 Å². The van der Waals surface area contributed by atoms with Gasteiger partial charge in [0.25, 0.3) is 0 Å². The molecule has 0 aliphatic rings. The zero-order valence-corrected chi connectivity index (χ0v) is 9.04. The smallest absolute Gasteiger partial charge is 0.0500 e. The highest BCUT2D eigenvalue weighted by Crippen LogP contribution is 1.95. The Morgan fingerprint density at radius 3 is 2.64 bits per heavy atom. The zero-order valence-electron chi connectivity index (χ0n) is 9.04. The molecule has 3 nitrogen and oxygen atoms in total. The minimum atomic E-state index is -0.0870. The van der Waals surface area contributed by atoms with Gasteiger partial charge in [-0.2, -0.15) is 0 Å². The van der Waals surface area contributed by atoms with Crippen LogP contribution in [-0.4, -0.2) is 25.5 Å². The van der Waals surface area contributed by atoms with Crippen LogP contribution >= 0.6 is 0 Å². The normalized spacial score (nSPS) is 13.3. The lowest BCUT2D eigenvalue weighted by atomic mass is 10.2. The maximum Gasteiger partial charge on any atom is 0.0500 e. The standard InChI is InChI=1S/C11H22N2O/c1-2-8-14-9-6-4-3-5-7-11(13)10-12/h3-4,10-12H,2,5-9,13H2,1H3/b4-3+,12-10?/t11-/m0/s1. The van der Waals surface area contributed by atoms with E-state index in [1.165, 1.54) is 6.21 Å². The molecule has 3 heteroatoms. The largest absolute Gasteiger partial charge is 0.381 e. The molecule has 0 heterocycles. The van der Waals surface area contributed by atoms with Crippen LogP contribution in [0.3, 0.4) is 0 Å². The van der Waals surface area contributed by atoms with Gasteiger partial charge in [0.05, 0.1) is 6.61 Å². The second-order valence-corrected chi connectivity index (χ2v) is 3.28. The number of nitrogens with two attached hydrogens (primary N) is 1. The first-order valence-electron chi connectivity index (χ1n) is 5.30. The second-order valence-electron chi connectivity index (χ2n) is 3.28. The van der Waals surface area contributed by atoms with Crippen molar-refractivity contribution in [1.82, 2.24) is 0 Å². The van der Waals surface area contributed by atoms with E-state index in [4.69, 9.17) is 15.9 Å². The highest BCUT2D eigenvalue weighted by atomic mass is 16.5. The van der Waals surface area contributed by atoms with Gasteiger partial charge in [-0.3, -0.25) is 0 Å². The Kier molecular flexibility index (Phi) is 9.91. The lowest BCUT2D eigenvalue weighted by Crippen LogP contribution is -2.20. The summed E-state index contributed by atoms with van der Waals surface area (Å²) in [6.45, 7) is 3.77. The molecular weight excluding hydrogens is 176 g/mol. The monoisotopic (exact) mass is 198 g/mol. The first-order valence-corrected chi connectivity index (χ1v) is 5.30. The second kappa shape index (κ2) is 10.4. The number of rotatable bonds is 9. The molecular formula is C11H22N2O. The van der Waals surface area contributed by atoms with Crippen LogP contribution in [0.25, 0.3) is 0 Å². The molecule has 0 fully saturated rings. The first kappa shape index (κ1) is 13.3. The first-order chi connectivity index (χ1) is 6.81. The third-order valence-electron chi connectivity index (χ3n) is 1.82. The lowest BCUT2D eigenvalue weighted by Gasteiger charge is -2.00. The number of hydrogen-bond donors (Lipinski definition) is 2. The predicted molar refractivity (Wildman–Crippen MR) is 60.9 cm³/mol. The molecule has 0 aromatic carbocycles. The van der Waals surface area contributed by atoms with Crippen LogP contribution in [0.15, 0.2) is 12.2 Å². The van der Waals surface area contributed by atoms with Crippen molar-refractivity contribution >= 4 is 6.21 Å². The molecule has 14 heavy (non-hydrogen) atoms. The molecule has 0 spiro atoms. The summed E-state index contributed by atoms with van der Waals surface area (Å²) in [6.07, 6.45) is 9.38. The molecule has 0 saturated heterocycles. The van der Waals surface area contributed by atoms with E-state index < -0.39 is 0 Å². The molecule has 0 aromatic heterocycles. The van der Waals surface area contributed by atoms with Gasteiger partial charge in [0.2, 0.25) is 0 Å². The molecule has 0 unspecified atom stereocenters. The van der Waals surface area contributed by atoms with Crippen LogP contribution in [-0.2, 0) is 4.74 Å². The molecule has 0 radical (unpaired) electrons. The van der Waals surface area contributed by atoms with E-state index in [9.17, 15) is 0 Å². The van der Waals surface area contributed by atoms with Crippen molar-refractivity contribution in [2.24, 2.45) is 5.73 Å². The van der Waals surface area contributed by atoms with Gasteiger partial charge >= 0.3 is 0 Å². The molecule has 0 aliphatic heterocycles. The number of hydrogen-bond acceptors (Lipinski definition) is 3. The lowest BCUT2D eigenvalue weighted by molar-refractivity contribution is 0.139. The Morgan fingerprint density at radius 1 is 1.29 bits per heavy atom. The molecule has 3 N–H and O–H groups in total. The van der Waals surface area contributed by atoms with Gasteiger partial charge in [-0.25, -0.2) is 0 Å². The van der Waals surface area contributed by atoms with Gasteiger partial charge in [0.15, 0.2) is 0 Å². The van der Waals surface area contributed by atoms with Crippen molar-refractivity contribution in [3.05, 3.63) is 12.2 Å². The van der Waals surface area contributed by atoms with E-state index in [2.05, 4.69) is 19.1 Å². The van der Waals surface area contributed by atoms with E-state index >= 15 is 0 Å². The molecule has 0 rings (SSSR count). The fourth-order valence-corrected chi connectivity index (χ4v) is 1.01. The Labute approximate surface area is 86.8 Å². The Morgan fingerprint density at radius 2 is 2.00 bits per heavy atom. The Bertz CT molecular complexity index is 157. The summed E-state index contributed by atoms with van der Waals surface area (Å²) >= 11 is 0. The van der Waals surface area contributed by atoms with Crippen molar-refractivity contribution < 1.29 is 4.74 Å².